The predicted molar refractivity (Wildman–Crippen MR) is 78.0 cm³/mol. The minimum absolute atomic E-state index is 0.387. The lowest BCUT2D eigenvalue weighted by Gasteiger charge is -2.25. The molecule has 1 aliphatic rings. The molecule has 102 valence electrons. The second kappa shape index (κ2) is 4.66. The molecule has 2 heterocycles. The van der Waals surface area contributed by atoms with E-state index in [1.807, 2.05) is 20.0 Å². The number of nitrogens with one attached hydrogen (secondary N) is 1. The molecule has 0 bridgehead atoms. The Balaban J connectivity index is 1.75. The van der Waals surface area contributed by atoms with Gasteiger partial charge in [-0.3, -0.25) is 4.90 Å². The number of nitrogens with zero attached hydrogens (tertiary/aromatic N) is 1. The van der Waals surface area contributed by atoms with Crippen LogP contribution in [0, 0.1) is 5.92 Å². The van der Waals surface area contributed by atoms with E-state index in [9.17, 15) is 5.11 Å². The number of hydrogen-bond acceptors (Lipinski definition) is 2. The smallest absolute Gasteiger partial charge is 0.0632 e. The van der Waals surface area contributed by atoms with Gasteiger partial charge in [-0.25, -0.2) is 0 Å². The van der Waals surface area contributed by atoms with E-state index in [1.54, 1.807) is 0 Å². The standard InChI is InChI=1S/C16H22N2O/c1-16(2,19)13-7-9-18(11-13)10-12-4-3-5-15-14(12)6-8-17-15/h3-6,8,13,17,19H,7,9-11H2,1-2H3/t13-/m1/s1. The highest BCUT2D eigenvalue weighted by atomic mass is 16.3. The Kier molecular flexibility index (Phi) is 3.11. The van der Waals surface area contributed by atoms with E-state index >= 15 is 0 Å². The van der Waals surface area contributed by atoms with Crippen LogP contribution in [0.3, 0.4) is 0 Å². The molecule has 0 spiro atoms. The Bertz CT molecular complexity index is 567. The van der Waals surface area contributed by atoms with Gasteiger partial charge in [-0.1, -0.05) is 12.1 Å². The number of likely N-dealkylation sites (tertiary alicyclic amines) is 1. The lowest BCUT2D eigenvalue weighted by atomic mass is 9.90. The predicted octanol–water partition coefficient (Wildman–Crippen LogP) is 2.76. The second-order valence-corrected chi connectivity index (χ2v) is 6.23. The number of hydrogen-bond donors (Lipinski definition) is 2. The van der Waals surface area contributed by atoms with Crippen molar-refractivity contribution < 1.29 is 5.11 Å². The summed E-state index contributed by atoms with van der Waals surface area (Å²) in [5.41, 5.74) is 2.01. The number of fused-ring (bicyclic) bond motifs is 1. The normalized spacial score (nSPS) is 21.3. The summed E-state index contributed by atoms with van der Waals surface area (Å²) in [6, 6.07) is 8.57. The topological polar surface area (TPSA) is 39.3 Å². The lowest BCUT2D eigenvalue weighted by molar-refractivity contribution is 0.0208. The quantitative estimate of drug-likeness (QED) is 0.888. The number of aromatic amines is 1. The van der Waals surface area contributed by atoms with Crippen molar-refractivity contribution in [3.8, 4) is 0 Å². The third kappa shape index (κ3) is 2.53. The number of aromatic nitrogens is 1. The molecule has 0 saturated carbocycles. The van der Waals surface area contributed by atoms with Crippen molar-refractivity contribution in [2.24, 2.45) is 5.92 Å². The van der Waals surface area contributed by atoms with Crippen molar-refractivity contribution >= 4 is 10.9 Å². The largest absolute Gasteiger partial charge is 0.390 e. The third-order valence-electron chi connectivity index (χ3n) is 4.35. The fourth-order valence-corrected chi connectivity index (χ4v) is 3.08. The zero-order valence-corrected chi connectivity index (χ0v) is 11.7. The van der Waals surface area contributed by atoms with Crippen molar-refractivity contribution in [3.63, 3.8) is 0 Å². The van der Waals surface area contributed by atoms with E-state index in [0.717, 1.165) is 26.1 Å². The molecule has 1 saturated heterocycles. The highest BCUT2D eigenvalue weighted by molar-refractivity contribution is 5.82. The van der Waals surface area contributed by atoms with Crippen LogP contribution in [0.15, 0.2) is 30.5 Å². The molecule has 1 atom stereocenters. The van der Waals surface area contributed by atoms with Crippen LogP contribution in [0.4, 0.5) is 0 Å². The number of aliphatic hydroxyl groups is 1. The molecule has 0 unspecified atom stereocenters. The van der Waals surface area contributed by atoms with Crippen LogP contribution in [0.1, 0.15) is 25.8 Å². The van der Waals surface area contributed by atoms with E-state index < -0.39 is 5.60 Å². The van der Waals surface area contributed by atoms with Crippen molar-refractivity contribution in [1.29, 1.82) is 0 Å². The van der Waals surface area contributed by atoms with Crippen LogP contribution >= 0.6 is 0 Å². The summed E-state index contributed by atoms with van der Waals surface area (Å²) in [5.74, 6) is 0.387. The van der Waals surface area contributed by atoms with E-state index in [4.69, 9.17) is 0 Å². The number of benzene rings is 1. The molecule has 3 rings (SSSR count). The molecule has 1 aromatic carbocycles. The Morgan fingerprint density at radius 1 is 1.37 bits per heavy atom. The molecule has 2 N–H and O–H groups in total. The van der Waals surface area contributed by atoms with Crippen molar-refractivity contribution in [3.05, 3.63) is 36.0 Å². The van der Waals surface area contributed by atoms with Gasteiger partial charge in [0.15, 0.2) is 0 Å². The highest BCUT2D eigenvalue weighted by Crippen LogP contribution is 2.29. The molecule has 19 heavy (non-hydrogen) atoms. The molecular weight excluding hydrogens is 236 g/mol. The summed E-state index contributed by atoms with van der Waals surface area (Å²) in [6.45, 7) is 6.89. The molecule has 3 heteroatoms. The first-order valence-corrected chi connectivity index (χ1v) is 7.04. The van der Waals surface area contributed by atoms with E-state index in [2.05, 4.69) is 34.1 Å². The first-order chi connectivity index (χ1) is 9.04. The Morgan fingerprint density at radius 3 is 2.95 bits per heavy atom. The lowest BCUT2D eigenvalue weighted by Crippen LogP contribution is -2.33. The van der Waals surface area contributed by atoms with E-state index in [1.165, 1.54) is 16.5 Å². The highest BCUT2D eigenvalue weighted by Gasteiger charge is 2.33. The first-order valence-electron chi connectivity index (χ1n) is 7.04. The van der Waals surface area contributed by atoms with Gasteiger partial charge in [-0.2, -0.15) is 0 Å². The third-order valence-corrected chi connectivity index (χ3v) is 4.35. The first kappa shape index (κ1) is 12.7. The molecule has 0 amide bonds. The average Bonchev–Trinajstić information content (AvgIpc) is 2.96. The summed E-state index contributed by atoms with van der Waals surface area (Å²) in [7, 11) is 0. The van der Waals surface area contributed by atoms with Crippen LogP contribution < -0.4 is 0 Å². The van der Waals surface area contributed by atoms with E-state index in [-0.39, 0.29) is 0 Å². The summed E-state index contributed by atoms with van der Waals surface area (Å²) in [5, 5.41) is 11.4. The van der Waals surface area contributed by atoms with Crippen LogP contribution in [0.25, 0.3) is 10.9 Å². The maximum Gasteiger partial charge on any atom is 0.0632 e. The minimum Gasteiger partial charge on any atom is -0.390 e. The van der Waals surface area contributed by atoms with Crippen LogP contribution in [0.5, 0.6) is 0 Å². The molecule has 0 aliphatic carbocycles. The minimum atomic E-state index is -0.561. The van der Waals surface area contributed by atoms with Gasteiger partial charge in [0.05, 0.1) is 5.60 Å². The zero-order valence-electron chi connectivity index (χ0n) is 11.7. The Morgan fingerprint density at radius 2 is 2.21 bits per heavy atom. The maximum absolute atomic E-state index is 10.1. The number of H-pyrrole nitrogens is 1. The van der Waals surface area contributed by atoms with Gasteiger partial charge in [0.1, 0.15) is 0 Å². The molecule has 1 fully saturated rings. The Hall–Kier alpha value is -1.32. The molecular formula is C16H22N2O. The van der Waals surface area contributed by atoms with Crippen molar-refractivity contribution in [2.45, 2.75) is 32.4 Å². The van der Waals surface area contributed by atoms with Gasteiger partial charge in [-0.05, 0) is 44.5 Å². The van der Waals surface area contributed by atoms with Crippen molar-refractivity contribution in [1.82, 2.24) is 9.88 Å². The Labute approximate surface area is 114 Å². The average molecular weight is 258 g/mol. The van der Waals surface area contributed by atoms with Crippen LogP contribution in [-0.2, 0) is 6.54 Å². The summed E-state index contributed by atoms with van der Waals surface area (Å²) in [4.78, 5) is 5.71. The van der Waals surface area contributed by atoms with Gasteiger partial charge < -0.3 is 10.1 Å². The van der Waals surface area contributed by atoms with Crippen LogP contribution in [0.2, 0.25) is 0 Å². The molecule has 0 radical (unpaired) electrons. The monoisotopic (exact) mass is 258 g/mol. The fourth-order valence-electron chi connectivity index (χ4n) is 3.08. The molecule has 3 nitrogen and oxygen atoms in total. The number of rotatable bonds is 3. The summed E-state index contributed by atoms with van der Waals surface area (Å²) >= 11 is 0. The molecule has 1 aliphatic heterocycles. The van der Waals surface area contributed by atoms with Gasteiger partial charge in [0.25, 0.3) is 0 Å². The summed E-state index contributed by atoms with van der Waals surface area (Å²) in [6.07, 6.45) is 3.09. The molecule has 2 aromatic rings. The van der Waals surface area contributed by atoms with Gasteiger partial charge >= 0.3 is 0 Å². The van der Waals surface area contributed by atoms with Gasteiger partial charge in [0, 0.05) is 36.1 Å². The van der Waals surface area contributed by atoms with Gasteiger partial charge in [0.2, 0.25) is 0 Å². The van der Waals surface area contributed by atoms with Crippen LogP contribution in [-0.4, -0.2) is 33.7 Å². The summed E-state index contributed by atoms with van der Waals surface area (Å²) < 4.78 is 0. The second-order valence-electron chi connectivity index (χ2n) is 6.23. The van der Waals surface area contributed by atoms with E-state index in [0.29, 0.717) is 5.92 Å². The van der Waals surface area contributed by atoms with Gasteiger partial charge in [-0.15, -0.1) is 0 Å². The van der Waals surface area contributed by atoms with Crippen molar-refractivity contribution in [2.75, 3.05) is 13.1 Å². The SMILES string of the molecule is CC(C)(O)[C@@H]1CCN(Cc2cccc3[nH]ccc23)C1. The molecule has 1 aromatic heterocycles. The fraction of sp³-hybridized carbons (Fsp3) is 0.500. The maximum atomic E-state index is 10.1. The zero-order chi connectivity index (χ0) is 13.5.